The van der Waals surface area contributed by atoms with Crippen LogP contribution in [0, 0.1) is 6.92 Å². The second-order valence-corrected chi connectivity index (χ2v) is 9.08. The van der Waals surface area contributed by atoms with Gasteiger partial charge in [0.2, 0.25) is 0 Å². The fourth-order valence-electron chi connectivity index (χ4n) is 3.61. The molecule has 0 spiro atoms. The largest absolute Gasteiger partial charge is 0.378 e. The van der Waals surface area contributed by atoms with E-state index < -0.39 is 10.0 Å². The predicted octanol–water partition coefficient (Wildman–Crippen LogP) is 2.75. The third-order valence-corrected chi connectivity index (χ3v) is 6.67. The van der Waals surface area contributed by atoms with Gasteiger partial charge < -0.3 is 14.5 Å². The summed E-state index contributed by atoms with van der Waals surface area (Å²) in [4.78, 5) is 17.0. The van der Waals surface area contributed by atoms with Gasteiger partial charge in [0.05, 0.1) is 23.8 Å². The highest BCUT2D eigenvalue weighted by molar-refractivity contribution is 7.92. The molecule has 0 aliphatic carbocycles. The lowest BCUT2D eigenvalue weighted by Gasteiger charge is -2.35. The number of amides is 1. The summed E-state index contributed by atoms with van der Waals surface area (Å²) in [5.74, 6) is -0.0314. The summed E-state index contributed by atoms with van der Waals surface area (Å²) in [6.45, 7) is 5.18. The zero-order valence-corrected chi connectivity index (χ0v) is 17.7. The number of carbonyl (C=O) groups is 1. The van der Waals surface area contributed by atoms with Gasteiger partial charge in [-0.3, -0.25) is 9.52 Å². The predicted molar refractivity (Wildman–Crippen MR) is 116 cm³/mol. The summed E-state index contributed by atoms with van der Waals surface area (Å²) in [7, 11) is -3.66. The topological polar surface area (TPSA) is 79.0 Å². The summed E-state index contributed by atoms with van der Waals surface area (Å²) in [5.41, 5.74) is 2.91. The number of sulfonamides is 1. The number of anilines is 2. The van der Waals surface area contributed by atoms with Gasteiger partial charge in [-0.05, 0) is 49.7 Å². The van der Waals surface area contributed by atoms with Crippen molar-refractivity contribution in [1.82, 2.24) is 4.90 Å². The summed E-state index contributed by atoms with van der Waals surface area (Å²) in [6, 6.07) is 13.6. The van der Waals surface area contributed by atoms with Gasteiger partial charge >= 0.3 is 0 Å². The van der Waals surface area contributed by atoms with Crippen molar-refractivity contribution in [3.05, 3.63) is 65.9 Å². The molecule has 2 aromatic rings. The molecule has 0 unspecified atom stereocenters. The van der Waals surface area contributed by atoms with Crippen molar-refractivity contribution in [2.45, 2.75) is 18.2 Å². The van der Waals surface area contributed by atoms with Crippen molar-refractivity contribution in [2.75, 3.05) is 42.5 Å². The van der Waals surface area contributed by atoms with E-state index in [1.807, 2.05) is 13.0 Å². The molecule has 0 bridgehead atoms. The molecule has 1 amide bonds. The first-order valence-corrected chi connectivity index (χ1v) is 11.5. The van der Waals surface area contributed by atoms with Crippen LogP contribution in [0.5, 0.6) is 0 Å². The normalized spacial score (nSPS) is 17.6. The van der Waals surface area contributed by atoms with Crippen LogP contribution in [-0.2, 0) is 19.6 Å². The summed E-state index contributed by atoms with van der Waals surface area (Å²) in [5, 5.41) is 0. The molecule has 1 N–H and O–H groups in total. The first-order valence-electron chi connectivity index (χ1n) is 9.98. The smallest absolute Gasteiger partial charge is 0.274 e. The third kappa shape index (κ3) is 4.34. The Balaban J connectivity index is 1.47. The Morgan fingerprint density at radius 3 is 2.27 bits per heavy atom. The molecule has 0 saturated carbocycles. The monoisotopic (exact) mass is 427 g/mol. The second kappa shape index (κ2) is 8.49. The fourth-order valence-corrected chi connectivity index (χ4v) is 4.67. The van der Waals surface area contributed by atoms with E-state index in [9.17, 15) is 13.2 Å². The number of hydrogen-bond acceptors (Lipinski definition) is 5. The number of benzene rings is 2. The van der Waals surface area contributed by atoms with Crippen molar-refractivity contribution in [3.8, 4) is 0 Å². The molecular weight excluding hydrogens is 402 g/mol. The highest BCUT2D eigenvalue weighted by atomic mass is 32.2. The molecule has 0 aromatic heterocycles. The standard InChI is InChI=1S/C22H25N3O4S/c1-17-4-10-20(11-5-17)30(27,28)23-18-6-8-19(9-7-18)25-12-2-3-21(22(25)26)24-13-15-29-16-14-24/h3-11,23H,2,12-16H2,1H3. The van der Waals surface area contributed by atoms with Gasteiger partial charge in [-0.25, -0.2) is 8.42 Å². The Hall–Kier alpha value is -2.84. The van der Waals surface area contributed by atoms with Crippen LogP contribution in [0.25, 0.3) is 0 Å². The molecule has 7 nitrogen and oxygen atoms in total. The van der Waals surface area contributed by atoms with Crippen LogP contribution in [0.1, 0.15) is 12.0 Å². The number of hydrogen-bond donors (Lipinski definition) is 1. The SMILES string of the molecule is Cc1ccc(S(=O)(=O)Nc2ccc(N3CCC=C(N4CCOCC4)C3=O)cc2)cc1. The molecular formula is C22H25N3O4S. The van der Waals surface area contributed by atoms with E-state index >= 15 is 0 Å². The van der Waals surface area contributed by atoms with Crippen molar-refractivity contribution < 1.29 is 17.9 Å². The van der Waals surface area contributed by atoms with Gasteiger partial charge in [-0.2, -0.15) is 0 Å². The minimum Gasteiger partial charge on any atom is -0.378 e. The quantitative estimate of drug-likeness (QED) is 0.794. The van der Waals surface area contributed by atoms with Crippen molar-refractivity contribution in [1.29, 1.82) is 0 Å². The zero-order valence-electron chi connectivity index (χ0n) is 16.9. The van der Waals surface area contributed by atoms with Gasteiger partial charge in [0, 0.05) is 31.0 Å². The third-order valence-electron chi connectivity index (χ3n) is 5.27. The molecule has 0 radical (unpaired) electrons. The highest BCUT2D eigenvalue weighted by Crippen LogP contribution is 2.26. The molecule has 2 aliphatic rings. The molecule has 2 heterocycles. The maximum absolute atomic E-state index is 13.0. The van der Waals surface area contributed by atoms with E-state index in [1.54, 1.807) is 53.4 Å². The average molecular weight is 428 g/mol. The van der Waals surface area contributed by atoms with Crippen molar-refractivity contribution >= 4 is 27.3 Å². The molecule has 158 valence electrons. The number of morpholine rings is 1. The molecule has 2 aromatic carbocycles. The van der Waals surface area contributed by atoms with Crippen LogP contribution in [0.3, 0.4) is 0 Å². The highest BCUT2D eigenvalue weighted by Gasteiger charge is 2.28. The maximum atomic E-state index is 13.0. The van der Waals surface area contributed by atoms with E-state index in [4.69, 9.17) is 4.74 Å². The first-order chi connectivity index (χ1) is 14.4. The second-order valence-electron chi connectivity index (χ2n) is 7.40. The van der Waals surface area contributed by atoms with Crippen LogP contribution in [0.15, 0.2) is 65.2 Å². The lowest BCUT2D eigenvalue weighted by atomic mass is 10.1. The lowest BCUT2D eigenvalue weighted by molar-refractivity contribution is -0.117. The number of nitrogens with one attached hydrogen (secondary N) is 1. The van der Waals surface area contributed by atoms with Crippen LogP contribution < -0.4 is 9.62 Å². The van der Waals surface area contributed by atoms with Gasteiger partial charge in [0.25, 0.3) is 15.9 Å². The Bertz CT molecular complexity index is 1040. The number of rotatable bonds is 5. The van der Waals surface area contributed by atoms with Gasteiger partial charge in [0.1, 0.15) is 0 Å². The van der Waals surface area contributed by atoms with Crippen LogP contribution >= 0.6 is 0 Å². The number of ether oxygens (including phenoxy) is 1. The molecule has 1 saturated heterocycles. The van der Waals surface area contributed by atoms with Gasteiger partial charge in [0.15, 0.2) is 0 Å². The molecule has 4 rings (SSSR count). The van der Waals surface area contributed by atoms with Crippen LogP contribution in [-0.4, -0.2) is 52.1 Å². The van der Waals surface area contributed by atoms with Crippen LogP contribution in [0.2, 0.25) is 0 Å². The molecule has 1 fully saturated rings. The van der Waals surface area contributed by atoms with E-state index in [0.717, 1.165) is 17.7 Å². The summed E-state index contributed by atoms with van der Waals surface area (Å²) < 4.78 is 33.1. The average Bonchev–Trinajstić information content (AvgIpc) is 2.75. The Morgan fingerprint density at radius 1 is 0.933 bits per heavy atom. The minimum absolute atomic E-state index is 0.0314. The van der Waals surface area contributed by atoms with Crippen molar-refractivity contribution in [3.63, 3.8) is 0 Å². The Kier molecular flexibility index (Phi) is 5.78. The molecule has 0 atom stereocenters. The maximum Gasteiger partial charge on any atom is 0.274 e. The van der Waals surface area contributed by atoms with E-state index in [2.05, 4.69) is 9.62 Å². The molecule has 8 heteroatoms. The number of nitrogens with zero attached hydrogens (tertiary/aromatic N) is 2. The van der Waals surface area contributed by atoms with E-state index in [1.165, 1.54) is 0 Å². The minimum atomic E-state index is -3.66. The van der Waals surface area contributed by atoms with Gasteiger partial charge in [-0.1, -0.05) is 23.8 Å². The number of aryl methyl sites for hydroxylation is 1. The van der Waals surface area contributed by atoms with Crippen molar-refractivity contribution in [2.24, 2.45) is 0 Å². The zero-order chi connectivity index (χ0) is 21.1. The van der Waals surface area contributed by atoms with E-state index in [0.29, 0.717) is 44.2 Å². The fraction of sp³-hybridized carbons (Fsp3) is 0.318. The summed E-state index contributed by atoms with van der Waals surface area (Å²) in [6.07, 6.45) is 2.77. The van der Waals surface area contributed by atoms with Gasteiger partial charge in [-0.15, -0.1) is 0 Å². The molecule has 30 heavy (non-hydrogen) atoms. The summed E-state index contributed by atoms with van der Waals surface area (Å²) >= 11 is 0. The number of carbonyl (C=O) groups excluding carboxylic acids is 1. The Morgan fingerprint density at radius 2 is 1.60 bits per heavy atom. The first kappa shape index (κ1) is 20.4. The van der Waals surface area contributed by atoms with E-state index in [-0.39, 0.29) is 10.8 Å². The molecule has 2 aliphatic heterocycles. The lowest BCUT2D eigenvalue weighted by Crippen LogP contribution is -2.45. The van der Waals surface area contributed by atoms with Crippen LogP contribution in [0.4, 0.5) is 11.4 Å². The Labute approximate surface area is 177 Å².